The Morgan fingerprint density at radius 2 is 1.63 bits per heavy atom. The predicted octanol–water partition coefficient (Wildman–Crippen LogP) is 3.06. The summed E-state index contributed by atoms with van der Waals surface area (Å²) < 4.78 is 4.88. The number of hydrogen-bond acceptors (Lipinski definition) is 11. The van der Waals surface area contributed by atoms with Crippen molar-refractivity contribution >= 4 is 53.1 Å². The predicted molar refractivity (Wildman–Crippen MR) is 226 cm³/mol. The minimum absolute atomic E-state index is 0.0253. The molecule has 0 aromatic heterocycles. The van der Waals surface area contributed by atoms with Crippen molar-refractivity contribution in [2.24, 2.45) is 23.0 Å². The van der Waals surface area contributed by atoms with E-state index in [1.54, 1.807) is 27.7 Å². The van der Waals surface area contributed by atoms with Crippen LogP contribution in [0.3, 0.4) is 0 Å². The molecule has 6 amide bonds. The Hall–Kier alpha value is -6.14. The first-order valence-electron chi connectivity index (χ1n) is 20.9. The van der Waals surface area contributed by atoms with Crippen molar-refractivity contribution in [1.82, 2.24) is 26.2 Å². The summed E-state index contributed by atoms with van der Waals surface area (Å²) in [5.41, 5.74) is 3.51. The third-order valence-electron chi connectivity index (χ3n) is 10.8. The van der Waals surface area contributed by atoms with Crippen molar-refractivity contribution in [3.8, 4) is 0 Å². The van der Waals surface area contributed by atoms with Gasteiger partial charge in [-0.15, -0.1) is 0 Å². The summed E-state index contributed by atoms with van der Waals surface area (Å²) in [4.78, 5) is 118. The fourth-order valence-electron chi connectivity index (χ4n) is 7.59. The number of primary amides is 1. The number of aromatic carboxylic acids is 1. The van der Waals surface area contributed by atoms with Gasteiger partial charge in [0.15, 0.2) is 0 Å². The van der Waals surface area contributed by atoms with E-state index in [0.717, 1.165) is 50.3 Å². The smallest absolute Gasteiger partial charge is 0.336 e. The van der Waals surface area contributed by atoms with E-state index in [4.69, 9.17) is 10.5 Å². The molecule has 62 heavy (non-hydrogen) atoms. The summed E-state index contributed by atoms with van der Waals surface area (Å²) >= 11 is 0. The number of nitrogens with zero attached hydrogens (tertiary/aromatic N) is 2. The van der Waals surface area contributed by atoms with Gasteiger partial charge >= 0.3 is 11.9 Å². The summed E-state index contributed by atoms with van der Waals surface area (Å²) in [5, 5.41) is 31.8. The van der Waals surface area contributed by atoms with Gasteiger partial charge in [-0.05, 0) is 68.8 Å². The van der Waals surface area contributed by atoms with E-state index in [0.29, 0.717) is 11.6 Å². The first kappa shape index (κ1) is 50.2. The van der Waals surface area contributed by atoms with Gasteiger partial charge in [0.1, 0.15) is 30.2 Å². The average Bonchev–Trinajstić information content (AvgIpc) is 3.60. The number of carboxylic acid groups (broad SMARTS) is 1. The lowest BCUT2D eigenvalue weighted by molar-refractivity contribution is -0.384. The topological polar surface area (TPSA) is 287 Å². The molecular formula is C43H61N7O12. The zero-order valence-electron chi connectivity index (χ0n) is 36.3. The van der Waals surface area contributed by atoms with Crippen LogP contribution in [0.25, 0.3) is 0 Å². The third-order valence-corrected chi connectivity index (χ3v) is 10.8. The number of non-ortho nitro benzene ring substituents is 1. The van der Waals surface area contributed by atoms with Crippen molar-refractivity contribution < 1.29 is 53.1 Å². The quantitative estimate of drug-likeness (QED) is 0.0363. The molecule has 1 aliphatic heterocycles. The number of allylic oxidation sites excluding steroid dienone is 1. The van der Waals surface area contributed by atoms with Gasteiger partial charge in [0.25, 0.3) is 11.6 Å². The number of ether oxygens (including phenoxy) is 1. The second-order valence-electron chi connectivity index (χ2n) is 17.3. The Kier molecular flexibility index (Phi) is 18.3. The third kappa shape index (κ3) is 14.2. The molecule has 2 fully saturated rings. The number of amides is 6. The maximum Gasteiger partial charge on any atom is 0.336 e. The Balaban J connectivity index is 1.90. The van der Waals surface area contributed by atoms with Crippen LogP contribution < -0.4 is 27.0 Å². The van der Waals surface area contributed by atoms with E-state index in [-0.39, 0.29) is 50.7 Å². The number of likely N-dealkylation sites (tertiary alicyclic amines) is 1. The standard InChI is InChI=1S/C43H61N7O12/c1-8-62-33(51)17-13-12-16-30(45-37(53)28-19-18-27(50(60)61)22-29(28)42(58)59)38(54)48-35(43(5,6)7)41(57)49-23-25(4)21-32(49)40(56)46-31(20-24(2)3)39(55)47-34(36(44)52)26-14-10-9-11-15-26/h13,17-19,22,24,26,30-32,34-35H,4,8-12,14-16,20-21,23H2,1-3,5-7H3,(H2,44,52)(H,45,53)(H,46,56)(H,47,55)(H,48,54)(H,58,59)/b17-13+/t30-,31-,32-,34-,35+/m0/s1. The highest BCUT2D eigenvalue weighted by Crippen LogP contribution is 2.29. The number of carbonyl (C=O) groups excluding carboxylic acids is 7. The Morgan fingerprint density at radius 3 is 2.19 bits per heavy atom. The number of hydrogen-bond donors (Lipinski definition) is 6. The summed E-state index contributed by atoms with van der Waals surface area (Å²) in [5.74, 6) is -6.96. The van der Waals surface area contributed by atoms with Crippen LogP contribution in [0, 0.1) is 27.4 Å². The van der Waals surface area contributed by atoms with E-state index in [1.807, 2.05) is 13.8 Å². The summed E-state index contributed by atoms with van der Waals surface area (Å²) in [6.07, 6.45) is 6.96. The molecule has 1 saturated carbocycles. The van der Waals surface area contributed by atoms with Crippen LogP contribution in [0.2, 0.25) is 0 Å². The van der Waals surface area contributed by atoms with Crippen molar-refractivity contribution in [1.29, 1.82) is 0 Å². The van der Waals surface area contributed by atoms with Crippen molar-refractivity contribution in [3.05, 3.63) is 63.7 Å². The van der Waals surface area contributed by atoms with E-state index in [1.165, 1.54) is 11.0 Å². The van der Waals surface area contributed by atoms with Crippen LogP contribution in [0.4, 0.5) is 5.69 Å². The van der Waals surface area contributed by atoms with Gasteiger partial charge in [0, 0.05) is 24.8 Å². The van der Waals surface area contributed by atoms with Gasteiger partial charge < -0.3 is 41.7 Å². The second kappa shape index (κ2) is 22.6. The van der Waals surface area contributed by atoms with Gasteiger partial charge in [-0.1, -0.05) is 72.1 Å². The molecule has 0 unspecified atom stereocenters. The number of rotatable bonds is 20. The van der Waals surface area contributed by atoms with Crippen molar-refractivity contribution in [3.63, 3.8) is 0 Å². The second-order valence-corrected chi connectivity index (χ2v) is 17.3. The minimum atomic E-state index is -1.63. The maximum absolute atomic E-state index is 14.5. The van der Waals surface area contributed by atoms with Crippen LogP contribution >= 0.6 is 0 Å². The lowest BCUT2D eigenvalue weighted by atomic mass is 9.83. The number of nitrogens with two attached hydrogens (primary N) is 1. The molecular weight excluding hydrogens is 807 g/mol. The minimum Gasteiger partial charge on any atom is -0.478 e. The van der Waals surface area contributed by atoms with Crippen LogP contribution in [-0.4, -0.2) is 106 Å². The van der Waals surface area contributed by atoms with Gasteiger partial charge in [0.05, 0.1) is 22.7 Å². The van der Waals surface area contributed by atoms with E-state index < -0.39 is 105 Å². The van der Waals surface area contributed by atoms with E-state index >= 15 is 0 Å². The molecule has 1 heterocycles. The van der Waals surface area contributed by atoms with Crippen molar-refractivity contribution in [2.75, 3.05) is 13.2 Å². The SMILES string of the molecule is C=C1C[C@@H](C(=O)N[C@@H](CC(C)C)C(=O)N[C@H](C(N)=O)C2CCCCC2)N(C(=O)[C@@H](NC(=O)[C@H](CC/C=C/C(=O)OCC)NC(=O)c2ccc([N+](=O)[O-])cc2C(=O)O)C(C)(C)C)C1. The highest BCUT2D eigenvalue weighted by molar-refractivity contribution is 6.06. The van der Waals surface area contributed by atoms with E-state index in [2.05, 4.69) is 27.8 Å². The molecule has 0 radical (unpaired) electrons. The molecule has 2 aliphatic rings. The molecule has 19 heteroatoms. The number of nitro benzene ring substituents is 1. The fourth-order valence-corrected chi connectivity index (χ4v) is 7.59. The van der Waals surface area contributed by atoms with Gasteiger partial charge in [-0.25, -0.2) is 9.59 Å². The van der Waals surface area contributed by atoms with Crippen LogP contribution in [0.15, 0.2) is 42.5 Å². The van der Waals surface area contributed by atoms with Crippen LogP contribution in [0.1, 0.15) is 120 Å². The molecule has 0 spiro atoms. The summed E-state index contributed by atoms with van der Waals surface area (Å²) in [6, 6.07) is -3.28. The van der Waals surface area contributed by atoms with Gasteiger partial charge in [-0.2, -0.15) is 0 Å². The molecule has 5 atom stereocenters. The number of nitro groups is 1. The number of carbonyl (C=O) groups is 8. The van der Waals surface area contributed by atoms with E-state index in [9.17, 15) is 53.6 Å². The van der Waals surface area contributed by atoms with Crippen LogP contribution in [0.5, 0.6) is 0 Å². The summed E-state index contributed by atoms with van der Waals surface area (Å²) in [6.45, 7) is 14.4. The monoisotopic (exact) mass is 867 g/mol. The lowest BCUT2D eigenvalue weighted by Gasteiger charge is -2.36. The Morgan fingerprint density at radius 1 is 0.984 bits per heavy atom. The molecule has 0 bridgehead atoms. The summed E-state index contributed by atoms with van der Waals surface area (Å²) in [7, 11) is 0. The first-order chi connectivity index (χ1) is 29.0. The van der Waals surface area contributed by atoms with Crippen molar-refractivity contribution in [2.45, 2.75) is 130 Å². The Bertz CT molecular complexity index is 1920. The highest BCUT2D eigenvalue weighted by atomic mass is 16.6. The molecule has 340 valence electrons. The molecule has 1 aliphatic carbocycles. The number of benzene rings is 1. The number of carboxylic acids is 1. The molecule has 7 N–H and O–H groups in total. The molecule has 1 saturated heterocycles. The normalized spacial score (nSPS) is 17.7. The zero-order valence-corrected chi connectivity index (χ0v) is 36.3. The zero-order chi connectivity index (χ0) is 46.5. The molecule has 1 aromatic carbocycles. The van der Waals surface area contributed by atoms with Gasteiger partial charge in [-0.3, -0.25) is 38.9 Å². The molecule has 19 nitrogen and oxygen atoms in total. The first-order valence-corrected chi connectivity index (χ1v) is 20.9. The largest absolute Gasteiger partial charge is 0.478 e. The molecule has 1 aromatic rings. The number of nitrogens with one attached hydrogen (secondary N) is 4. The maximum atomic E-state index is 14.5. The fraction of sp³-hybridized carbons (Fsp3) is 0.581. The van der Waals surface area contributed by atoms with Gasteiger partial charge in [0.2, 0.25) is 29.5 Å². The highest BCUT2D eigenvalue weighted by Gasteiger charge is 2.44. The Labute approximate surface area is 361 Å². The lowest BCUT2D eigenvalue weighted by Crippen LogP contribution is -2.61. The molecule has 3 rings (SSSR count). The average molecular weight is 868 g/mol. The number of esters is 1. The van der Waals surface area contributed by atoms with Crippen LogP contribution in [-0.2, 0) is 33.5 Å².